The van der Waals surface area contributed by atoms with Crippen molar-refractivity contribution in [3.8, 4) is 0 Å². The minimum Gasteiger partial charge on any atom is -0.359 e. The molecule has 0 unspecified atom stereocenters. The first-order valence-corrected chi connectivity index (χ1v) is 8.91. The number of hydrogen-bond acceptors (Lipinski definition) is 2. The Balaban J connectivity index is 1.92. The van der Waals surface area contributed by atoms with Crippen molar-refractivity contribution in [2.24, 2.45) is 10.9 Å². The van der Waals surface area contributed by atoms with Crippen molar-refractivity contribution in [3.63, 3.8) is 0 Å². The van der Waals surface area contributed by atoms with E-state index >= 15 is 0 Å². The van der Waals surface area contributed by atoms with Crippen molar-refractivity contribution in [1.29, 1.82) is 0 Å². The predicted octanol–water partition coefficient (Wildman–Crippen LogP) is 2.31. The monoisotopic (exact) mass is 330 g/mol. The Hall–Kier alpha value is -2.04. The molecular formula is C19H30N4O. The van der Waals surface area contributed by atoms with Gasteiger partial charge in [-0.05, 0) is 38.2 Å². The molecule has 0 bridgehead atoms. The standard InChI is InChI=1S/C19H30N4O/c1-4-21-19(22-14-17-7-5-15(2)6-8-17)23-11-9-16(10-12-23)13-18(24)20-3/h5-8,16H,4,9-14H2,1-3H3,(H,20,24)(H,21,22). The van der Waals surface area contributed by atoms with Crippen molar-refractivity contribution < 1.29 is 4.79 Å². The highest BCUT2D eigenvalue weighted by Crippen LogP contribution is 2.20. The molecule has 2 rings (SSSR count). The number of carbonyl (C=O) groups excluding carboxylic acids is 1. The number of piperidine rings is 1. The van der Waals surface area contributed by atoms with Crippen molar-refractivity contribution >= 4 is 11.9 Å². The molecular weight excluding hydrogens is 300 g/mol. The SMILES string of the molecule is CCNC(=NCc1ccc(C)cc1)N1CCC(CC(=O)NC)CC1. The maximum Gasteiger partial charge on any atom is 0.220 e. The van der Waals surface area contributed by atoms with Crippen LogP contribution >= 0.6 is 0 Å². The molecule has 1 aromatic carbocycles. The number of amides is 1. The third kappa shape index (κ3) is 5.55. The second-order valence-corrected chi connectivity index (χ2v) is 6.46. The van der Waals surface area contributed by atoms with E-state index in [9.17, 15) is 4.79 Å². The smallest absolute Gasteiger partial charge is 0.220 e. The maximum absolute atomic E-state index is 11.5. The molecule has 0 aliphatic carbocycles. The fraction of sp³-hybridized carbons (Fsp3) is 0.579. The largest absolute Gasteiger partial charge is 0.359 e. The summed E-state index contributed by atoms with van der Waals surface area (Å²) >= 11 is 0. The van der Waals surface area contributed by atoms with Crippen LogP contribution in [0.15, 0.2) is 29.3 Å². The number of benzene rings is 1. The summed E-state index contributed by atoms with van der Waals surface area (Å²) in [7, 11) is 1.71. The Morgan fingerprint density at radius 3 is 2.50 bits per heavy atom. The second-order valence-electron chi connectivity index (χ2n) is 6.46. The summed E-state index contributed by atoms with van der Waals surface area (Å²) in [4.78, 5) is 18.6. The summed E-state index contributed by atoms with van der Waals surface area (Å²) < 4.78 is 0. The maximum atomic E-state index is 11.5. The minimum atomic E-state index is 0.147. The van der Waals surface area contributed by atoms with Crippen LogP contribution in [0.5, 0.6) is 0 Å². The fourth-order valence-electron chi connectivity index (χ4n) is 3.00. The van der Waals surface area contributed by atoms with Gasteiger partial charge in [0.15, 0.2) is 5.96 Å². The molecule has 1 aliphatic rings. The van der Waals surface area contributed by atoms with Crippen LogP contribution in [0, 0.1) is 12.8 Å². The van der Waals surface area contributed by atoms with Gasteiger partial charge in [0.1, 0.15) is 0 Å². The molecule has 1 saturated heterocycles. The first-order chi connectivity index (χ1) is 11.6. The number of aliphatic imine (C=N–C) groups is 1. The Labute approximate surface area is 145 Å². The Morgan fingerprint density at radius 2 is 1.92 bits per heavy atom. The molecule has 2 N–H and O–H groups in total. The first kappa shape index (κ1) is 18.3. The Kier molecular flexibility index (Phi) is 7.09. The summed E-state index contributed by atoms with van der Waals surface area (Å²) in [5.74, 6) is 1.62. The quantitative estimate of drug-likeness (QED) is 0.643. The molecule has 1 amide bonds. The number of likely N-dealkylation sites (tertiary alicyclic amines) is 1. The lowest BCUT2D eigenvalue weighted by Gasteiger charge is -2.34. The number of nitrogens with one attached hydrogen (secondary N) is 2. The molecule has 0 atom stereocenters. The molecule has 1 heterocycles. The van der Waals surface area contributed by atoms with E-state index in [2.05, 4.69) is 53.6 Å². The molecule has 5 heteroatoms. The average Bonchev–Trinajstić information content (AvgIpc) is 2.60. The van der Waals surface area contributed by atoms with Crippen molar-refractivity contribution in [3.05, 3.63) is 35.4 Å². The highest BCUT2D eigenvalue weighted by Gasteiger charge is 2.22. The van der Waals surface area contributed by atoms with Crippen LogP contribution in [0.1, 0.15) is 37.3 Å². The van der Waals surface area contributed by atoms with Gasteiger partial charge in [-0.1, -0.05) is 29.8 Å². The lowest BCUT2D eigenvalue weighted by atomic mass is 9.93. The number of rotatable bonds is 5. The summed E-state index contributed by atoms with van der Waals surface area (Å²) in [6.07, 6.45) is 2.73. The van der Waals surface area contributed by atoms with E-state index in [-0.39, 0.29) is 5.91 Å². The number of carbonyl (C=O) groups is 1. The van der Waals surface area contributed by atoms with Gasteiger partial charge in [-0.3, -0.25) is 4.79 Å². The summed E-state index contributed by atoms with van der Waals surface area (Å²) in [6, 6.07) is 8.53. The predicted molar refractivity (Wildman–Crippen MR) is 99.0 cm³/mol. The molecule has 1 aromatic rings. The normalized spacial score (nSPS) is 16.1. The van der Waals surface area contributed by atoms with Crippen LogP contribution in [0.25, 0.3) is 0 Å². The number of nitrogens with zero attached hydrogens (tertiary/aromatic N) is 2. The zero-order valence-corrected chi connectivity index (χ0v) is 15.1. The van der Waals surface area contributed by atoms with E-state index in [0.29, 0.717) is 18.9 Å². The van der Waals surface area contributed by atoms with E-state index in [1.807, 2.05) is 0 Å². The van der Waals surface area contributed by atoms with E-state index in [4.69, 9.17) is 4.99 Å². The van der Waals surface area contributed by atoms with Crippen molar-refractivity contribution in [2.45, 2.75) is 39.7 Å². The van der Waals surface area contributed by atoms with E-state index < -0.39 is 0 Å². The Bertz CT molecular complexity index is 545. The van der Waals surface area contributed by atoms with Crippen LogP contribution in [-0.2, 0) is 11.3 Å². The average molecular weight is 330 g/mol. The number of hydrogen-bond donors (Lipinski definition) is 2. The molecule has 5 nitrogen and oxygen atoms in total. The topological polar surface area (TPSA) is 56.7 Å². The van der Waals surface area contributed by atoms with Crippen molar-refractivity contribution in [2.75, 3.05) is 26.7 Å². The van der Waals surface area contributed by atoms with Gasteiger partial charge in [0.2, 0.25) is 5.91 Å². The molecule has 0 spiro atoms. The third-order valence-corrected chi connectivity index (χ3v) is 4.53. The zero-order valence-electron chi connectivity index (χ0n) is 15.1. The first-order valence-electron chi connectivity index (χ1n) is 8.91. The summed E-state index contributed by atoms with van der Waals surface area (Å²) in [5.41, 5.74) is 2.50. The zero-order chi connectivity index (χ0) is 17.4. The van der Waals surface area contributed by atoms with Gasteiger partial charge in [0, 0.05) is 33.1 Å². The number of guanidine groups is 1. The summed E-state index contributed by atoms with van der Waals surface area (Å²) in [6.45, 7) is 7.67. The second kappa shape index (κ2) is 9.30. The molecule has 0 radical (unpaired) electrons. The van der Waals surface area contributed by atoms with Gasteiger partial charge in [-0.2, -0.15) is 0 Å². The summed E-state index contributed by atoms with van der Waals surface area (Å²) in [5, 5.41) is 6.12. The van der Waals surface area contributed by atoms with Gasteiger partial charge in [0.05, 0.1) is 6.54 Å². The molecule has 132 valence electrons. The number of aryl methyl sites for hydroxylation is 1. The molecule has 1 aliphatic heterocycles. The fourth-order valence-corrected chi connectivity index (χ4v) is 3.00. The van der Waals surface area contributed by atoms with E-state index in [0.717, 1.165) is 38.4 Å². The van der Waals surface area contributed by atoms with Crippen molar-refractivity contribution in [1.82, 2.24) is 15.5 Å². The van der Waals surface area contributed by atoms with E-state index in [1.165, 1.54) is 11.1 Å². The Morgan fingerprint density at radius 1 is 1.25 bits per heavy atom. The highest BCUT2D eigenvalue weighted by molar-refractivity contribution is 5.80. The van der Waals surface area contributed by atoms with Crippen LogP contribution in [-0.4, -0.2) is 43.4 Å². The van der Waals surface area contributed by atoms with Gasteiger partial charge >= 0.3 is 0 Å². The molecule has 0 aromatic heterocycles. The molecule has 0 saturated carbocycles. The lowest BCUT2D eigenvalue weighted by molar-refractivity contribution is -0.121. The van der Waals surface area contributed by atoms with Gasteiger partial charge in [-0.15, -0.1) is 0 Å². The van der Waals surface area contributed by atoms with Crippen LogP contribution in [0.2, 0.25) is 0 Å². The van der Waals surface area contributed by atoms with Gasteiger partial charge < -0.3 is 15.5 Å². The van der Waals surface area contributed by atoms with Gasteiger partial charge in [0.25, 0.3) is 0 Å². The third-order valence-electron chi connectivity index (χ3n) is 4.53. The van der Waals surface area contributed by atoms with Crippen LogP contribution in [0.3, 0.4) is 0 Å². The van der Waals surface area contributed by atoms with E-state index in [1.54, 1.807) is 7.05 Å². The lowest BCUT2D eigenvalue weighted by Crippen LogP contribution is -2.46. The van der Waals surface area contributed by atoms with Gasteiger partial charge in [-0.25, -0.2) is 4.99 Å². The molecule has 24 heavy (non-hydrogen) atoms. The molecule has 1 fully saturated rings. The van der Waals surface area contributed by atoms with Crippen LogP contribution < -0.4 is 10.6 Å². The minimum absolute atomic E-state index is 0.147. The highest BCUT2D eigenvalue weighted by atomic mass is 16.1. The van der Waals surface area contributed by atoms with Crippen LogP contribution in [0.4, 0.5) is 0 Å².